The van der Waals surface area contributed by atoms with Crippen LogP contribution in [-0.4, -0.2) is 48.3 Å². The quantitative estimate of drug-likeness (QED) is 0.193. The van der Waals surface area contributed by atoms with Crippen molar-refractivity contribution in [1.29, 1.82) is 0 Å². The van der Waals surface area contributed by atoms with Crippen molar-refractivity contribution in [2.75, 3.05) is 48.0 Å². The van der Waals surface area contributed by atoms with Crippen molar-refractivity contribution in [3.05, 3.63) is 75.8 Å². The third-order valence-corrected chi connectivity index (χ3v) is 8.44. The number of carbonyl (C=O) groups excluding carboxylic acids is 1. The lowest BCUT2D eigenvalue weighted by Crippen LogP contribution is -2.46. The summed E-state index contributed by atoms with van der Waals surface area (Å²) >= 11 is 13.2. The molecule has 44 heavy (non-hydrogen) atoms. The van der Waals surface area contributed by atoms with Gasteiger partial charge in [-0.15, -0.1) is 0 Å². The molecule has 7 nitrogen and oxygen atoms in total. The maximum atomic E-state index is 13.2. The molecule has 3 aromatic carbocycles. The van der Waals surface area contributed by atoms with Gasteiger partial charge in [0.1, 0.15) is 6.67 Å². The maximum absolute atomic E-state index is 13.2. The van der Waals surface area contributed by atoms with E-state index in [1.54, 1.807) is 38.1 Å². The van der Waals surface area contributed by atoms with Gasteiger partial charge in [0.05, 0.1) is 43.4 Å². The fourth-order valence-electron chi connectivity index (χ4n) is 5.00. The highest BCUT2D eigenvalue weighted by Crippen LogP contribution is 2.35. The van der Waals surface area contributed by atoms with Gasteiger partial charge in [-0.05, 0) is 67.9 Å². The van der Waals surface area contributed by atoms with Crippen LogP contribution in [0.1, 0.15) is 25.0 Å². The second-order valence-electron chi connectivity index (χ2n) is 11.4. The van der Waals surface area contributed by atoms with E-state index in [4.69, 9.17) is 28.2 Å². The summed E-state index contributed by atoms with van der Waals surface area (Å²) in [5.74, 6) is 0.149. The summed E-state index contributed by atoms with van der Waals surface area (Å²) < 4.78 is 53.9. The molecule has 1 saturated heterocycles. The van der Waals surface area contributed by atoms with Gasteiger partial charge >= 0.3 is 6.18 Å². The first kappa shape index (κ1) is 31.7. The van der Waals surface area contributed by atoms with Crippen molar-refractivity contribution in [3.8, 4) is 0 Å². The van der Waals surface area contributed by atoms with Crippen molar-refractivity contribution < 1.29 is 22.4 Å². The molecule has 1 aliphatic heterocycles. The van der Waals surface area contributed by atoms with Gasteiger partial charge in [0.25, 0.3) is 0 Å². The van der Waals surface area contributed by atoms with Crippen LogP contribution in [0.3, 0.4) is 0 Å². The topological polar surface area (TPSA) is 65.4 Å². The zero-order valence-electron chi connectivity index (χ0n) is 24.4. The molecule has 0 bridgehead atoms. The van der Waals surface area contributed by atoms with Crippen molar-refractivity contribution in [3.63, 3.8) is 0 Å². The van der Waals surface area contributed by atoms with Gasteiger partial charge in [-0.1, -0.05) is 29.3 Å². The highest BCUT2D eigenvalue weighted by molar-refractivity contribution is 6.34. The molecular weight excluding hydrogens is 619 g/mol. The Morgan fingerprint density at radius 1 is 0.932 bits per heavy atom. The Morgan fingerprint density at radius 3 is 2.23 bits per heavy atom. The molecule has 1 aliphatic rings. The largest absolute Gasteiger partial charge is 0.416 e. The van der Waals surface area contributed by atoms with Crippen molar-refractivity contribution in [1.82, 2.24) is 14.9 Å². The highest BCUT2D eigenvalue weighted by atomic mass is 35.5. The Kier molecular flexibility index (Phi) is 8.91. The standard InChI is InChI=1S/C31H32Cl2F4N6O/c1-30(2,18-34)28(44)38-17-19-4-9-22(32)24(14-19)39-29-40-25-15-23(33)26(16-27(25)41(29)3)43-12-10-42(11-13-43)21-7-5-20(6-8-21)31(35,36)37/h4-9,14-16H,10-13,17-18H2,1-3H3,(H,38,44)(H,39,40). The molecule has 1 aromatic heterocycles. The van der Waals surface area contributed by atoms with Gasteiger partial charge in [0.2, 0.25) is 11.9 Å². The number of piperazine rings is 1. The van der Waals surface area contributed by atoms with Crippen LogP contribution >= 0.6 is 23.2 Å². The predicted octanol–water partition coefficient (Wildman–Crippen LogP) is 7.58. The van der Waals surface area contributed by atoms with E-state index >= 15 is 0 Å². The van der Waals surface area contributed by atoms with Crippen molar-refractivity contribution in [2.45, 2.75) is 26.6 Å². The number of carbonyl (C=O) groups is 1. The minimum absolute atomic E-state index is 0.210. The van der Waals surface area contributed by atoms with E-state index in [1.165, 1.54) is 12.1 Å². The SMILES string of the molecule is Cn1c(Nc2cc(CNC(=O)C(C)(C)CF)ccc2Cl)nc2cc(Cl)c(N3CCN(c4ccc(C(F)(F)F)cc4)CC3)cc21. The average molecular weight is 652 g/mol. The summed E-state index contributed by atoms with van der Waals surface area (Å²) in [6.45, 7) is 5.06. The van der Waals surface area contributed by atoms with Gasteiger partial charge in [0, 0.05) is 45.5 Å². The van der Waals surface area contributed by atoms with Crippen LogP contribution in [-0.2, 0) is 24.6 Å². The number of halogens is 6. The van der Waals surface area contributed by atoms with Crippen molar-refractivity contribution >= 4 is 63.2 Å². The number of nitrogens with one attached hydrogen (secondary N) is 2. The Hall–Kier alpha value is -3.70. The van der Waals surface area contributed by atoms with Gasteiger partial charge in [0.15, 0.2) is 0 Å². The number of hydrogen-bond acceptors (Lipinski definition) is 5. The lowest BCUT2D eigenvalue weighted by molar-refractivity contribution is -0.137. The molecule has 1 fully saturated rings. The van der Waals surface area contributed by atoms with Crippen molar-refractivity contribution in [2.24, 2.45) is 12.5 Å². The van der Waals surface area contributed by atoms with E-state index in [0.29, 0.717) is 53.4 Å². The van der Waals surface area contributed by atoms with Gasteiger partial charge < -0.3 is 25.0 Å². The minimum Gasteiger partial charge on any atom is -0.368 e. The second kappa shape index (κ2) is 12.4. The second-order valence-corrected chi connectivity index (χ2v) is 12.3. The molecule has 4 aromatic rings. The number of benzene rings is 3. The lowest BCUT2D eigenvalue weighted by Gasteiger charge is -2.37. The number of rotatable bonds is 8. The molecule has 234 valence electrons. The monoisotopic (exact) mass is 650 g/mol. The fourth-order valence-corrected chi connectivity index (χ4v) is 5.45. The third kappa shape index (κ3) is 6.68. The molecule has 13 heteroatoms. The number of nitrogens with zero attached hydrogens (tertiary/aromatic N) is 4. The van der Waals surface area contributed by atoms with E-state index in [-0.39, 0.29) is 12.5 Å². The number of amides is 1. The number of aromatic nitrogens is 2. The van der Waals surface area contributed by atoms with Crippen LogP contribution in [0.25, 0.3) is 11.0 Å². The molecule has 1 amide bonds. The molecule has 5 rings (SSSR count). The summed E-state index contributed by atoms with van der Waals surface area (Å²) in [6.07, 6.45) is -4.36. The van der Waals surface area contributed by atoms with E-state index in [2.05, 4.69) is 20.4 Å². The molecule has 0 spiro atoms. The zero-order valence-corrected chi connectivity index (χ0v) is 25.9. The van der Waals surface area contributed by atoms with E-state index in [0.717, 1.165) is 34.6 Å². The predicted molar refractivity (Wildman–Crippen MR) is 168 cm³/mol. The Labute approximate surface area is 262 Å². The molecule has 0 atom stereocenters. The van der Waals surface area contributed by atoms with Gasteiger partial charge in [-0.2, -0.15) is 13.2 Å². The number of aryl methyl sites for hydroxylation is 1. The molecule has 0 radical (unpaired) electrons. The minimum atomic E-state index is -4.36. The van der Waals surface area contributed by atoms with Gasteiger partial charge in [-0.3, -0.25) is 4.79 Å². The first-order valence-electron chi connectivity index (χ1n) is 14.0. The van der Waals surface area contributed by atoms with Crippen LogP contribution in [0.5, 0.6) is 0 Å². The summed E-state index contributed by atoms with van der Waals surface area (Å²) in [6, 6.07) is 14.3. The molecule has 0 saturated carbocycles. The number of hydrogen-bond donors (Lipinski definition) is 2. The molecule has 0 aliphatic carbocycles. The van der Waals surface area contributed by atoms with Gasteiger partial charge in [-0.25, -0.2) is 9.37 Å². The van der Waals surface area contributed by atoms with Crippen LogP contribution < -0.4 is 20.4 Å². The number of imidazole rings is 1. The molecular formula is C31H32Cl2F4N6O. The third-order valence-electron chi connectivity index (χ3n) is 7.81. The number of fused-ring (bicyclic) bond motifs is 1. The van der Waals surface area contributed by atoms with E-state index in [9.17, 15) is 22.4 Å². The summed E-state index contributed by atoms with van der Waals surface area (Å²) in [7, 11) is 1.87. The fraction of sp³-hybridized carbons (Fsp3) is 0.355. The Balaban J connectivity index is 1.29. The number of anilines is 4. The van der Waals surface area contributed by atoms with Crippen LogP contribution in [0.2, 0.25) is 10.0 Å². The molecule has 2 N–H and O–H groups in total. The molecule has 0 unspecified atom stereocenters. The Bertz CT molecular complexity index is 1660. The summed E-state index contributed by atoms with van der Waals surface area (Å²) in [4.78, 5) is 21.2. The van der Waals surface area contributed by atoms with Crippen LogP contribution in [0.15, 0.2) is 54.6 Å². The Morgan fingerprint density at radius 2 is 1.59 bits per heavy atom. The average Bonchev–Trinajstić information content (AvgIpc) is 3.29. The van der Waals surface area contributed by atoms with E-state index < -0.39 is 23.8 Å². The first-order valence-corrected chi connectivity index (χ1v) is 14.8. The summed E-state index contributed by atoms with van der Waals surface area (Å²) in [5.41, 5.74) is 2.70. The maximum Gasteiger partial charge on any atom is 0.416 e. The smallest absolute Gasteiger partial charge is 0.368 e. The van der Waals surface area contributed by atoms with E-state index in [1.807, 2.05) is 17.7 Å². The lowest BCUT2D eigenvalue weighted by atomic mass is 9.94. The zero-order chi connectivity index (χ0) is 31.8. The van der Waals surface area contributed by atoms with Crippen LogP contribution in [0.4, 0.5) is 40.6 Å². The number of alkyl halides is 4. The highest BCUT2D eigenvalue weighted by Gasteiger charge is 2.30. The van der Waals surface area contributed by atoms with Crippen LogP contribution in [0, 0.1) is 5.41 Å². The normalized spacial score (nSPS) is 14.3. The first-order chi connectivity index (χ1) is 20.8. The summed E-state index contributed by atoms with van der Waals surface area (Å²) in [5, 5.41) is 7.03. The molecule has 2 heterocycles.